The van der Waals surface area contributed by atoms with E-state index in [1.807, 2.05) is 11.3 Å². The van der Waals surface area contributed by atoms with Crippen LogP contribution in [0.15, 0.2) is 170 Å². The van der Waals surface area contributed by atoms with Crippen molar-refractivity contribution in [3.8, 4) is 33.4 Å². The predicted molar refractivity (Wildman–Crippen MR) is 239 cm³/mol. The quantitative estimate of drug-likeness (QED) is 0.171. The second-order valence-electron chi connectivity index (χ2n) is 16.6. The molecule has 1 nitrogen and oxygen atoms in total. The van der Waals surface area contributed by atoms with Crippen molar-refractivity contribution in [3.63, 3.8) is 0 Å². The first-order chi connectivity index (χ1) is 26.7. The van der Waals surface area contributed by atoms with Crippen LogP contribution in [0.2, 0.25) is 0 Å². The number of anilines is 3. The number of para-hydroxylation sites is 1. The summed E-state index contributed by atoms with van der Waals surface area (Å²) < 4.78 is 2.62. The molecule has 1 aromatic heterocycles. The van der Waals surface area contributed by atoms with Gasteiger partial charge in [-0.2, -0.15) is 0 Å². The Morgan fingerprint density at radius 2 is 1.13 bits per heavy atom. The third kappa shape index (κ3) is 5.42. The zero-order valence-electron chi connectivity index (χ0n) is 32.0. The molecule has 1 heterocycles. The van der Waals surface area contributed by atoms with Crippen molar-refractivity contribution in [1.29, 1.82) is 0 Å². The topological polar surface area (TPSA) is 3.24 Å². The number of benzene rings is 8. The molecular formula is C53H43NS. The number of hydrogen-bond acceptors (Lipinski definition) is 2. The minimum absolute atomic E-state index is 0.0772. The number of nitrogens with zero attached hydrogens (tertiary/aromatic N) is 1. The van der Waals surface area contributed by atoms with E-state index in [1.165, 1.54) is 81.0 Å². The molecular weight excluding hydrogens is 683 g/mol. The highest BCUT2D eigenvalue weighted by Gasteiger charge is 2.38. The lowest BCUT2D eigenvalue weighted by atomic mass is 9.79. The van der Waals surface area contributed by atoms with Gasteiger partial charge in [-0.1, -0.05) is 162 Å². The van der Waals surface area contributed by atoms with Crippen LogP contribution in [0.3, 0.4) is 0 Å². The van der Waals surface area contributed by atoms with Gasteiger partial charge in [0.15, 0.2) is 0 Å². The van der Waals surface area contributed by atoms with E-state index in [-0.39, 0.29) is 10.8 Å². The maximum absolute atomic E-state index is 2.47. The van der Waals surface area contributed by atoms with Crippen LogP contribution in [-0.4, -0.2) is 0 Å². The summed E-state index contributed by atoms with van der Waals surface area (Å²) >= 11 is 1.86. The van der Waals surface area contributed by atoms with Crippen LogP contribution < -0.4 is 4.90 Å². The van der Waals surface area contributed by atoms with E-state index in [0.717, 1.165) is 17.1 Å². The number of thiophene rings is 1. The fraction of sp³-hybridized carbons (Fsp3) is 0.132. The monoisotopic (exact) mass is 725 g/mol. The van der Waals surface area contributed by atoms with Crippen LogP contribution in [0, 0.1) is 0 Å². The van der Waals surface area contributed by atoms with Gasteiger partial charge in [-0.25, -0.2) is 0 Å². The Kier molecular flexibility index (Phi) is 7.67. The van der Waals surface area contributed by atoms with Crippen molar-refractivity contribution in [1.82, 2.24) is 0 Å². The molecule has 0 radical (unpaired) electrons. The van der Waals surface area contributed by atoms with Gasteiger partial charge in [0.1, 0.15) is 0 Å². The van der Waals surface area contributed by atoms with E-state index in [0.29, 0.717) is 0 Å². The van der Waals surface area contributed by atoms with Crippen LogP contribution >= 0.6 is 11.3 Å². The molecule has 0 saturated heterocycles. The fourth-order valence-electron chi connectivity index (χ4n) is 8.92. The minimum atomic E-state index is -0.112. The predicted octanol–water partition coefficient (Wildman–Crippen LogP) is 15.6. The summed E-state index contributed by atoms with van der Waals surface area (Å²) in [5.41, 5.74) is 15.2. The van der Waals surface area contributed by atoms with Gasteiger partial charge >= 0.3 is 0 Å². The van der Waals surface area contributed by atoms with Gasteiger partial charge in [0.05, 0.1) is 5.69 Å². The Labute approximate surface area is 328 Å². The van der Waals surface area contributed by atoms with E-state index in [4.69, 9.17) is 0 Å². The smallest absolute Gasteiger partial charge is 0.0540 e. The third-order valence-corrected chi connectivity index (χ3v) is 13.0. The first-order valence-electron chi connectivity index (χ1n) is 19.3. The minimum Gasteiger partial charge on any atom is -0.310 e. The third-order valence-electron chi connectivity index (χ3n) is 11.8. The Balaban J connectivity index is 1.18. The van der Waals surface area contributed by atoms with Crippen LogP contribution in [0.4, 0.5) is 17.1 Å². The first-order valence-corrected chi connectivity index (χ1v) is 20.2. The van der Waals surface area contributed by atoms with E-state index < -0.39 is 0 Å². The zero-order valence-corrected chi connectivity index (χ0v) is 32.8. The normalized spacial score (nSPS) is 13.3. The average Bonchev–Trinajstić information content (AvgIpc) is 3.69. The summed E-state index contributed by atoms with van der Waals surface area (Å²) in [4.78, 5) is 2.47. The lowest BCUT2D eigenvalue weighted by Gasteiger charge is -2.29. The van der Waals surface area contributed by atoms with Crippen LogP contribution in [0.5, 0.6) is 0 Å². The van der Waals surface area contributed by atoms with Gasteiger partial charge < -0.3 is 4.90 Å². The molecule has 266 valence electrons. The van der Waals surface area contributed by atoms with Gasteiger partial charge in [0.2, 0.25) is 0 Å². The molecule has 8 aromatic carbocycles. The molecule has 0 saturated carbocycles. The maximum atomic E-state index is 2.47. The second-order valence-corrected chi connectivity index (χ2v) is 17.7. The number of hydrogen-bond donors (Lipinski definition) is 0. The molecule has 9 aromatic rings. The zero-order chi connectivity index (χ0) is 37.5. The second kappa shape index (κ2) is 12.5. The number of fused-ring (bicyclic) bond motifs is 7. The Bertz CT molecular complexity index is 2930. The van der Waals surface area contributed by atoms with Crippen molar-refractivity contribution in [2.75, 3.05) is 4.90 Å². The van der Waals surface area contributed by atoms with E-state index in [1.54, 1.807) is 0 Å². The molecule has 55 heavy (non-hydrogen) atoms. The lowest BCUT2D eigenvalue weighted by Crippen LogP contribution is -2.17. The highest BCUT2D eigenvalue weighted by Crippen LogP contribution is 2.54. The van der Waals surface area contributed by atoms with E-state index >= 15 is 0 Å². The largest absolute Gasteiger partial charge is 0.310 e. The Morgan fingerprint density at radius 3 is 1.96 bits per heavy atom. The summed E-state index contributed by atoms with van der Waals surface area (Å²) in [6, 6.07) is 63.3. The molecule has 1 aliphatic rings. The molecule has 0 unspecified atom stereocenters. The SMILES string of the molecule is CC(C)(C)c1ccc2c(c1)C(C)(C)c1cccc(-c3ccccc3N(c3ccc(-c4cccc5ccccc45)cc3)c3ccc4sc5ccccc5c4c3)c1-2. The van der Waals surface area contributed by atoms with Crippen LogP contribution in [-0.2, 0) is 10.8 Å². The van der Waals surface area contributed by atoms with Gasteiger partial charge in [-0.15, -0.1) is 11.3 Å². The molecule has 1 aliphatic carbocycles. The van der Waals surface area contributed by atoms with E-state index in [9.17, 15) is 0 Å². The summed E-state index contributed by atoms with van der Waals surface area (Å²) in [7, 11) is 0. The molecule has 0 bridgehead atoms. The van der Waals surface area contributed by atoms with Gasteiger partial charge in [0.25, 0.3) is 0 Å². The van der Waals surface area contributed by atoms with Crippen LogP contribution in [0.25, 0.3) is 64.3 Å². The number of rotatable bonds is 5. The maximum Gasteiger partial charge on any atom is 0.0540 e. The molecule has 2 heteroatoms. The van der Waals surface area contributed by atoms with Crippen molar-refractivity contribution in [3.05, 3.63) is 187 Å². The molecule has 0 N–H and O–H groups in total. The van der Waals surface area contributed by atoms with Crippen molar-refractivity contribution in [2.24, 2.45) is 0 Å². The van der Waals surface area contributed by atoms with Gasteiger partial charge in [0, 0.05) is 42.5 Å². The molecule has 0 fully saturated rings. The summed E-state index contributed by atoms with van der Waals surface area (Å²) in [5, 5.41) is 5.12. The van der Waals surface area contributed by atoms with Crippen molar-refractivity contribution < 1.29 is 0 Å². The molecule has 0 aliphatic heterocycles. The summed E-state index contributed by atoms with van der Waals surface area (Å²) in [6.45, 7) is 11.7. The molecule has 0 amide bonds. The average molecular weight is 726 g/mol. The fourth-order valence-corrected chi connectivity index (χ4v) is 10.0. The molecule has 0 atom stereocenters. The van der Waals surface area contributed by atoms with Gasteiger partial charge in [-0.05, 0) is 103 Å². The Morgan fingerprint density at radius 1 is 0.473 bits per heavy atom. The highest BCUT2D eigenvalue weighted by atomic mass is 32.1. The van der Waals surface area contributed by atoms with Crippen LogP contribution in [0.1, 0.15) is 51.3 Å². The first kappa shape index (κ1) is 33.6. The molecule has 10 rings (SSSR count). The standard InChI is InChI=1S/C53H43NS/c1-52(2,3)36-26-30-44-47(32-36)53(4,5)46-21-13-20-43(51(44)46)41-17-8-10-22-48(41)54(38-29-31-50-45(33-38)42-18-9-11-23-49(42)55-50)37-27-24-35(25-28-37)40-19-12-15-34-14-6-7-16-39(34)40/h6-33H,1-5H3. The Hall–Kier alpha value is -5.96. The highest BCUT2D eigenvalue weighted by molar-refractivity contribution is 7.25. The van der Waals surface area contributed by atoms with Crippen molar-refractivity contribution >= 4 is 59.3 Å². The summed E-state index contributed by atoms with van der Waals surface area (Å²) in [6.07, 6.45) is 0. The molecule has 0 spiro atoms. The van der Waals surface area contributed by atoms with Gasteiger partial charge in [-0.3, -0.25) is 0 Å². The summed E-state index contributed by atoms with van der Waals surface area (Å²) in [5.74, 6) is 0. The van der Waals surface area contributed by atoms with E-state index in [2.05, 4.69) is 209 Å². The lowest BCUT2D eigenvalue weighted by molar-refractivity contribution is 0.584. The van der Waals surface area contributed by atoms with Crippen molar-refractivity contribution in [2.45, 2.75) is 45.4 Å².